The molecule has 1 aromatic rings. The first-order chi connectivity index (χ1) is 14.4. The average Bonchev–Trinajstić information content (AvgIpc) is 3.17. The molecule has 0 fully saturated rings. The number of amides is 1. The number of rotatable bonds is 12. The van der Waals surface area contributed by atoms with Crippen LogP contribution in [0.2, 0.25) is 5.02 Å². The van der Waals surface area contributed by atoms with Crippen LogP contribution in [-0.4, -0.2) is 55.1 Å². The van der Waals surface area contributed by atoms with Crippen LogP contribution in [-0.2, 0) is 32.2 Å². The molecule has 1 aromatic carbocycles. The fourth-order valence-electron chi connectivity index (χ4n) is 3.09. The highest BCUT2D eigenvalue weighted by molar-refractivity contribution is 6.33. The summed E-state index contributed by atoms with van der Waals surface area (Å²) in [5.74, 6) is 0.403. The van der Waals surface area contributed by atoms with Crippen molar-refractivity contribution in [2.75, 3.05) is 26.9 Å². The highest BCUT2D eigenvalue weighted by atomic mass is 35.5. The highest BCUT2D eigenvalue weighted by Crippen LogP contribution is 2.43. The predicted octanol–water partition coefficient (Wildman–Crippen LogP) is 3.05. The van der Waals surface area contributed by atoms with Gasteiger partial charge in [0.15, 0.2) is 17.8 Å². The second-order valence-corrected chi connectivity index (χ2v) is 7.23. The maximum atomic E-state index is 12.5. The molecule has 1 N–H and O–H groups in total. The van der Waals surface area contributed by atoms with E-state index in [4.69, 9.17) is 30.5 Å². The van der Waals surface area contributed by atoms with Crippen molar-refractivity contribution in [1.29, 1.82) is 0 Å². The number of hydrogen-bond acceptors (Lipinski definition) is 7. The van der Waals surface area contributed by atoms with Crippen molar-refractivity contribution in [3.05, 3.63) is 22.2 Å². The second kappa shape index (κ2) is 12.0. The fraction of sp³-hybridized carbons (Fsp3) is 0.619. The minimum absolute atomic E-state index is 0.0553. The molecule has 30 heavy (non-hydrogen) atoms. The number of aliphatic hydroxyl groups is 1. The summed E-state index contributed by atoms with van der Waals surface area (Å²) in [5.41, 5.74) is 1.71. The summed E-state index contributed by atoms with van der Waals surface area (Å²) in [6, 6.07) is 1.83. The number of carbonyl (C=O) groups excluding carboxylic acids is 2. The number of fused-ring (bicyclic) bond motifs is 1. The van der Waals surface area contributed by atoms with Crippen molar-refractivity contribution in [3.8, 4) is 11.5 Å². The first-order valence-corrected chi connectivity index (χ1v) is 10.5. The van der Waals surface area contributed by atoms with E-state index in [1.165, 1.54) is 7.11 Å². The topological polar surface area (TPSA) is 94.5 Å². The highest BCUT2D eigenvalue weighted by Gasteiger charge is 2.29. The van der Waals surface area contributed by atoms with Crippen molar-refractivity contribution in [1.82, 2.24) is 4.90 Å². The van der Waals surface area contributed by atoms with Gasteiger partial charge >= 0.3 is 5.97 Å². The zero-order valence-corrected chi connectivity index (χ0v) is 18.5. The van der Waals surface area contributed by atoms with Crippen LogP contribution in [0.1, 0.15) is 50.7 Å². The van der Waals surface area contributed by atoms with Gasteiger partial charge in [-0.1, -0.05) is 18.5 Å². The SMILES string of the molecule is CCOC(=O)CCC(=O)N1Cc2cc(OC)c(OCCCO[C@@H](O)CC)c(Cl)c2C1. The average molecular weight is 444 g/mol. The molecule has 0 bridgehead atoms. The summed E-state index contributed by atoms with van der Waals surface area (Å²) in [6.45, 7) is 5.31. The first kappa shape index (κ1) is 24.2. The maximum Gasteiger partial charge on any atom is 0.306 e. The Balaban J connectivity index is 1.98. The minimum atomic E-state index is -0.768. The third-order valence-corrected chi connectivity index (χ3v) is 5.11. The van der Waals surface area contributed by atoms with E-state index in [2.05, 4.69) is 0 Å². The monoisotopic (exact) mass is 443 g/mol. The number of carbonyl (C=O) groups is 2. The zero-order valence-electron chi connectivity index (χ0n) is 17.7. The van der Waals surface area contributed by atoms with E-state index in [-0.39, 0.29) is 24.7 Å². The molecule has 0 spiro atoms. The van der Waals surface area contributed by atoms with Crippen LogP contribution in [0.15, 0.2) is 6.07 Å². The van der Waals surface area contributed by atoms with Crippen molar-refractivity contribution in [2.24, 2.45) is 0 Å². The van der Waals surface area contributed by atoms with E-state index in [9.17, 15) is 14.7 Å². The molecule has 1 amide bonds. The molecule has 0 saturated heterocycles. The molecule has 0 aliphatic carbocycles. The number of aliphatic hydroxyl groups excluding tert-OH is 1. The zero-order chi connectivity index (χ0) is 22.1. The Bertz CT molecular complexity index is 741. The van der Waals surface area contributed by atoms with Crippen molar-refractivity contribution in [2.45, 2.75) is 58.9 Å². The molecule has 1 heterocycles. The molecule has 168 valence electrons. The lowest BCUT2D eigenvalue weighted by Crippen LogP contribution is -2.25. The number of benzene rings is 1. The third-order valence-electron chi connectivity index (χ3n) is 4.71. The second-order valence-electron chi connectivity index (χ2n) is 6.85. The van der Waals surface area contributed by atoms with Gasteiger partial charge in [-0.05, 0) is 30.5 Å². The van der Waals surface area contributed by atoms with E-state index in [1.54, 1.807) is 11.8 Å². The van der Waals surface area contributed by atoms with Gasteiger partial charge in [0.1, 0.15) is 0 Å². The third kappa shape index (κ3) is 6.48. The summed E-state index contributed by atoms with van der Waals surface area (Å²) in [4.78, 5) is 25.6. The van der Waals surface area contributed by atoms with Crippen molar-refractivity contribution in [3.63, 3.8) is 0 Å². The lowest BCUT2D eigenvalue weighted by molar-refractivity contribution is -0.145. The summed E-state index contributed by atoms with van der Waals surface area (Å²) >= 11 is 6.57. The molecule has 0 unspecified atom stereocenters. The standard InChI is InChI=1S/C21H30ClNO7/c1-4-18(25)29-9-6-10-30-21-16(27-3)11-14-12-23(13-15(14)20(21)22)17(24)7-8-19(26)28-5-2/h11,18,25H,4-10,12-13H2,1-3H3/t18-/m1/s1. The molecule has 2 rings (SSSR count). The summed E-state index contributed by atoms with van der Waals surface area (Å²) in [6.07, 6.45) is 0.483. The van der Waals surface area contributed by atoms with E-state index >= 15 is 0 Å². The summed E-state index contributed by atoms with van der Waals surface area (Å²) < 4.78 is 21.3. The molecule has 0 aromatic heterocycles. The molecule has 8 nitrogen and oxygen atoms in total. The van der Waals surface area contributed by atoms with Gasteiger partial charge in [-0.2, -0.15) is 0 Å². The van der Waals surface area contributed by atoms with Crippen LogP contribution in [0.5, 0.6) is 11.5 Å². The molecule has 0 radical (unpaired) electrons. The molecule has 1 aliphatic heterocycles. The summed E-state index contributed by atoms with van der Waals surface area (Å²) in [7, 11) is 1.53. The Morgan fingerprint density at radius 3 is 2.67 bits per heavy atom. The van der Waals surface area contributed by atoms with E-state index in [0.29, 0.717) is 62.3 Å². The lowest BCUT2D eigenvalue weighted by atomic mass is 10.1. The number of hydrogen-bond donors (Lipinski definition) is 1. The van der Waals surface area contributed by atoms with Crippen molar-refractivity contribution < 1.29 is 33.6 Å². The molecule has 1 atom stereocenters. The normalized spacial score (nSPS) is 13.7. The number of nitrogens with zero attached hydrogens (tertiary/aromatic N) is 1. The Hall–Kier alpha value is -2.03. The first-order valence-electron chi connectivity index (χ1n) is 10.1. The van der Waals surface area contributed by atoms with Gasteiger partial charge in [0, 0.05) is 25.9 Å². The minimum Gasteiger partial charge on any atom is -0.493 e. The Labute approximate surface area is 182 Å². The fourth-order valence-corrected chi connectivity index (χ4v) is 3.42. The van der Waals surface area contributed by atoms with Crippen LogP contribution in [0.4, 0.5) is 0 Å². The van der Waals surface area contributed by atoms with Gasteiger partial charge in [-0.25, -0.2) is 0 Å². The maximum absolute atomic E-state index is 12.5. The molecule has 9 heteroatoms. The Morgan fingerprint density at radius 2 is 2.00 bits per heavy atom. The van der Waals surface area contributed by atoms with Crippen LogP contribution in [0, 0.1) is 0 Å². The van der Waals surface area contributed by atoms with Gasteiger partial charge in [-0.3, -0.25) is 9.59 Å². The molecular formula is C21H30ClNO7. The Kier molecular flexibility index (Phi) is 9.68. The van der Waals surface area contributed by atoms with Gasteiger partial charge < -0.3 is 29.0 Å². The van der Waals surface area contributed by atoms with Gasteiger partial charge in [0.05, 0.1) is 38.4 Å². The van der Waals surface area contributed by atoms with Crippen LogP contribution < -0.4 is 9.47 Å². The van der Waals surface area contributed by atoms with E-state index in [1.807, 2.05) is 13.0 Å². The largest absolute Gasteiger partial charge is 0.493 e. The van der Waals surface area contributed by atoms with E-state index < -0.39 is 6.29 Å². The Morgan fingerprint density at radius 1 is 1.23 bits per heavy atom. The molecule has 1 aliphatic rings. The van der Waals surface area contributed by atoms with Crippen LogP contribution >= 0.6 is 11.6 Å². The van der Waals surface area contributed by atoms with Crippen LogP contribution in [0.3, 0.4) is 0 Å². The number of methoxy groups -OCH3 is 1. The number of halogens is 1. The van der Waals surface area contributed by atoms with Crippen molar-refractivity contribution >= 4 is 23.5 Å². The quantitative estimate of drug-likeness (QED) is 0.301. The predicted molar refractivity (Wildman–Crippen MR) is 110 cm³/mol. The van der Waals surface area contributed by atoms with E-state index in [0.717, 1.165) is 11.1 Å². The van der Waals surface area contributed by atoms with Gasteiger partial charge in [-0.15, -0.1) is 0 Å². The smallest absolute Gasteiger partial charge is 0.306 e. The van der Waals surface area contributed by atoms with Crippen LogP contribution in [0.25, 0.3) is 0 Å². The lowest BCUT2D eigenvalue weighted by Gasteiger charge is -2.16. The van der Waals surface area contributed by atoms with Gasteiger partial charge in [0.2, 0.25) is 5.91 Å². The number of ether oxygens (including phenoxy) is 4. The molecular weight excluding hydrogens is 414 g/mol. The summed E-state index contributed by atoms with van der Waals surface area (Å²) in [5, 5.41) is 9.83. The van der Waals surface area contributed by atoms with Gasteiger partial charge in [0.25, 0.3) is 0 Å². The number of esters is 1. The molecule has 0 saturated carbocycles.